The van der Waals surface area contributed by atoms with Gasteiger partial charge in [0, 0.05) is 44.6 Å². The van der Waals surface area contributed by atoms with Crippen LogP contribution in [0.2, 0.25) is 0 Å². The van der Waals surface area contributed by atoms with Gasteiger partial charge < -0.3 is 9.47 Å². The zero-order valence-electron chi connectivity index (χ0n) is 12.3. The quantitative estimate of drug-likeness (QED) is 0.611. The molecule has 0 aromatic carbocycles. The third kappa shape index (κ3) is 6.11. The summed E-state index contributed by atoms with van der Waals surface area (Å²) in [5.41, 5.74) is 1.44. The van der Waals surface area contributed by atoms with Gasteiger partial charge in [-0.25, -0.2) is 4.98 Å². The van der Waals surface area contributed by atoms with E-state index in [1.165, 1.54) is 0 Å². The van der Waals surface area contributed by atoms with Gasteiger partial charge in [0.25, 0.3) is 0 Å². The first-order valence-corrected chi connectivity index (χ1v) is 7.03. The van der Waals surface area contributed by atoms with E-state index in [1.54, 1.807) is 6.20 Å². The van der Waals surface area contributed by atoms with Crippen molar-refractivity contribution in [2.45, 2.75) is 20.4 Å². The highest BCUT2D eigenvalue weighted by atomic mass is 16.5. The van der Waals surface area contributed by atoms with Crippen molar-refractivity contribution in [3.8, 4) is 6.07 Å². The normalized spacial score (nSPS) is 10.7. The van der Waals surface area contributed by atoms with E-state index in [0.29, 0.717) is 25.5 Å². The number of ether oxygens (including phenoxy) is 2. The Hall–Kier alpha value is -1.48. The van der Waals surface area contributed by atoms with Crippen LogP contribution in [-0.4, -0.2) is 49.4 Å². The number of nitriles is 1. The van der Waals surface area contributed by atoms with E-state index in [1.807, 2.05) is 26.0 Å². The molecule has 0 aliphatic heterocycles. The number of aromatic nitrogens is 1. The van der Waals surface area contributed by atoms with E-state index in [9.17, 15) is 0 Å². The summed E-state index contributed by atoms with van der Waals surface area (Å²) in [5.74, 6) is 0. The van der Waals surface area contributed by atoms with Crippen molar-refractivity contribution in [3.05, 3.63) is 29.6 Å². The van der Waals surface area contributed by atoms with Crippen molar-refractivity contribution < 1.29 is 9.47 Å². The molecule has 0 bridgehead atoms. The smallest absolute Gasteiger partial charge is 0.144 e. The average Bonchev–Trinajstić information content (AvgIpc) is 2.48. The second-order valence-corrected chi connectivity index (χ2v) is 4.29. The second kappa shape index (κ2) is 10.3. The monoisotopic (exact) mass is 277 g/mol. The lowest BCUT2D eigenvalue weighted by molar-refractivity contribution is 0.0797. The van der Waals surface area contributed by atoms with Crippen LogP contribution in [0.5, 0.6) is 0 Å². The molecule has 1 aromatic rings. The highest BCUT2D eigenvalue weighted by Crippen LogP contribution is 2.08. The minimum atomic E-state index is 0.491. The maximum Gasteiger partial charge on any atom is 0.144 e. The fourth-order valence-electron chi connectivity index (χ4n) is 1.85. The third-order valence-corrected chi connectivity index (χ3v) is 2.90. The van der Waals surface area contributed by atoms with Crippen LogP contribution in [0.15, 0.2) is 18.3 Å². The lowest BCUT2D eigenvalue weighted by Gasteiger charge is -2.22. The van der Waals surface area contributed by atoms with Crippen LogP contribution in [-0.2, 0) is 16.0 Å². The van der Waals surface area contributed by atoms with Gasteiger partial charge in [0.1, 0.15) is 11.8 Å². The molecular weight excluding hydrogens is 254 g/mol. The molecule has 0 atom stereocenters. The third-order valence-electron chi connectivity index (χ3n) is 2.90. The summed E-state index contributed by atoms with van der Waals surface area (Å²) in [6, 6.07) is 5.94. The van der Waals surface area contributed by atoms with Gasteiger partial charge >= 0.3 is 0 Å². The molecule has 0 N–H and O–H groups in total. The average molecular weight is 277 g/mol. The molecular formula is C15H23N3O2. The van der Waals surface area contributed by atoms with Crippen LogP contribution in [0, 0.1) is 11.3 Å². The molecule has 0 fully saturated rings. The molecule has 0 saturated carbocycles. The van der Waals surface area contributed by atoms with Gasteiger partial charge in [-0.3, -0.25) is 4.90 Å². The maximum absolute atomic E-state index is 9.08. The number of hydrogen-bond donors (Lipinski definition) is 0. The topological polar surface area (TPSA) is 58.4 Å². The Labute approximate surface area is 121 Å². The largest absolute Gasteiger partial charge is 0.380 e. The van der Waals surface area contributed by atoms with Gasteiger partial charge in [-0.15, -0.1) is 0 Å². The van der Waals surface area contributed by atoms with Crippen LogP contribution in [0.4, 0.5) is 0 Å². The first-order chi connectivity index (χ1) is 9.81. The molecule has 5 nitrogen and oxygen atoms in total. The summed E-state index contributed by atoms with van der Waals surface area (Å²) < 4.78 is 10.8. The predicted molar refractivity (Wildman–Crippen MR) is 77.2 cm³/mol. The van der Waals surface area contributed by atoms with E-state index < -0.39 is 0 Å². The minimum absolute atomic E-state index is 0.491. The van der Waals surface area contributed by atoms with Crippen LogP contribution >= 0.6 is 0 Å². The van der Waals surface area contributed by atoms with Crippen LogP contribution in [0.3, 0.4) is 0 Å². The van der Waals surface area contributed by atoms with Gasteiger partial charge in [-0.1, -0.05) is 6.07 Å². The minimum Gasteiger partial charge on any atom is -0.380 e. The van der Waals surface area contributed by atoms with E-state index >= 15 is 0 Å². The van der Waals surface area contributed by atoms with Crippen molar-refractivity contribution >= 4 is 0 Å². The predicted octanol–water partition coefficient (Wildman–Crippen LogP) is 1.83. The van der Waals surface area contributed by atoms with Gasteiger partial charge in [0.2, 0.25) is 0 Å². The number of rotatable bonds is 10. The summed E-state index contributed by atoms with van der Waals surface area (Å²) >= 11 is 0. The van der Waals surface area contributed by atoms with Gasteiger partial charge in [0.15, 0.2) is 0 Å². The first-order valence-electron chi connectivity index (χ1n) is 7.03. The van der Waals surface area contributed by atoms with Crippen molar-refractivity contribution in [2.75, 3.05) is 39.5 Å². The fraction of sp³-hybridized carbons (Fsp3) is 0.600. The van der Waals surface area contributed by atoms with Crippen LogP contribution in [0.25, 0.3) is 0 Å². The molecule has 0 amide bonds. The van der Waals surface area contributed by atoms with Crippen molar-refractivity contribution in [3.63, 3.8) is 0 Å². The van der Waals surface area contributed by atoms with Crippen molar-refractivity contribution in [1.29, 1.82) is 5.26 Å². The Bertz CT molecular complexity index is 408. The van der Waals surface area contributed by atoms with E-state index in [4.69, 9.17) is 14.7 Å². The van der Waals surface area contributed by atoms with E-state index in [-0.39, 0.29) is 0 Å². The molecule has 20 heavy (non-hydrogen) atoms. The Balaban J connectivity index is 2.59. The second-order valence-electron chi connectivity index (χ2n) is 4.29. The summed E-state index contributed by atoms with van der Waals surface area (Å²) in [4.78, 5) is 6.32. The molecule has 0 saturated heterocycles. The van der Waals surface area contributed by atoms with E-state index in [2.05, 4.69) is 16.0 Å². The molecule has 110 valence electrons. The number of hydrogen-bond acceptors (Lipinski definition) is 5. The molecule has 0 radical (unpaired) electrons. The Morgan fingerprint density at radius 3 is 2.40 bits per heavy atom. The van der Waals surface area contributed by atoms with Gasteiger partial charge in [-0.2, -0.15) is 5.26 Å². The summed E-state index contributed by atoms with van der Waals surface area (Å²) in [5, 5.41) is 9.08. The molecule has 1 aromatic heterocycles. The van der Waals surface area contributed by atoms with Crippen molar-refractivity contribution in [2.24, 2.45) is 0 Å². The molecule has 1 heterocycles. The molecule has 0 spiro atoms. The zero-order chi connectivity index (χ0) is 14.6. The number of pyridine rings is 1. The molecule has 1 rings (SSSR count). The standard InChI is InChI=1S/C15H23N3O2/c1-3-19-10-8-18(9-11-20-4-2)13-14-6-5-7-17-15(14)12-16/h5-7H,3-4,8-11,13H2,1-2H3. The van der Waals surface area contributed by atoms with Crippen LogP contribution < -0.4 is 0 Å². The Kier molecular flexibility index (Phi) is 8.56. The van der Waals surface area contributed by atoms with Crippen LogP contribution in [0.1, 0.15) is 25.1 Å². The van der Waals surface area contributed by atoms with Crippen molar-refractivity contribution in [1.82, 2.24) is 9.88 Å². The lowest BCUT2D eigenvalue weighted by atomic mass is 10.2. The molecule has 0 aliphatic rings. The lowest BCUT2D eigenvalue weighted by Crippen LogP contribution is -2.31. The number of nitrogens with zero attached hydrogens (tertiary/aromatic N) is 3. The Morgan fingerprint density at radius 2 is 1.85 bits per heavy atom. The van der Waals surface area contributed by atoms with Gasteiger partial charge in [-0.05, 0) is 19.9 Å². The highest BCUT2D eigenvalue weighted by Gasteiger charge is 2.09. The first kappa shape index (κ1) is 16.6. The summed E-state index contributed by atoms with van der Waals surface area (Å²) in [6.07, 6.45) is 1.65. The Morgan fingerprint density at radius 1 is 1.20 bits per heavy atom. The zero-order valence-corrected chi connectivity index (χ0v) is 12.3. The SMILES string of the molecule is CCOCCN(CCOCC)Cc1cccnc1C#N. The fourth-order valence-corrected chi connectivity index (χ4v) is 1.85. The summed E-state index contributed by atoms with van der Waals surface area (Å²) in [6.45, 7) is 9.11. The molecule has 5 heteroatoms. The molecule has 0 aliphatic carbocycles. The highest BCUT2D eigenvalue weighted by molar-refractivity contribution is 5.30. The molecule has 0 unspecified atom stereocenters. The van der Waals surface area contributed by atoms with Gasteiger partial charge in [0.05, 0.1) is 13.2 Å². The maximum atomic E-state index is 9.08. The van der Waals surface area contributed by atoms with E-state index in [0.717, 1.165) is 31.9 Å². The summed E-state index contributed by atoms with van der Waals surface area (Å²) in [7, 11) is 0.